The predicted octanol–water partition coefficient (Wildman–Crippen LogP) is 6.95. The highest BCUT2D eigenvalue weighted by atomic mass is 16.5. The van der Waals surface area contributed by atoms with Crippen LogP contribution in [0.1, 0.15) is 113 Å². The summed E-state index contributed by atoms with van der Waals surface area (Å²) in [7, 11) is 0. The molecule has 1 aliphatic rings. The van der Waals surface area contributed by atoms with Crippen LogP contribution < -0.4 is 0 Å². The zero-order valence-corrected chi connectivity index (χ0v) is 20.9. The predicted molar refractivity (Wildman–Crippen MR) is 123 cm³/mol. The maximum Gasteiger partial charge on any atom is 0.312 e. The summed E-state index contributed by atoms with van der Waals surface area (Å²) in [5.74, 6) is 0.328. The van der Waals surface area contributed by atoms with Crippen molar-refractivity contribution in [2.75, 3.05) is 13.2 Å². The maximum atomic E-state index is 13.1. The molecule has 0 aliphatic heterocycles. The van der Waals surface area contributed by atoms with E-state index in [1.165, 1.54) is 12.8 Å². The first-order valence-electron chi connectivity index (χ1n) is 12.5. The average Bonchev–Trinajstić information content (AvgIpc) is 2.97. The Labute approximate surface area is 185 Å². The van der Waals surface area contributed by atoms with Crippen molar-refractivity contribution in [3.05, 3.63) is 0 Å². The van der Waals surface area contributed by atoms with Gasteiger partial charge in [-0.1, -0.05) is 80.1 Å². The summed E-state index contributed by atoms with van der Waals surface area (Å²) in [6.07, 6.45) is 10.3. The first-order chi connectivity index (χ1) is 14.2. The zero-order chi connectivity index (χ0) is 22.8. The Morgan fingerprint density at radius 1 is 0.867 bits per heavy atom. The van der Waals surface area contributed by atoms with Gasteiger partial charge in [-0.2, -0.15) is 0 Å². The molecule has 30 heavy (non-hydrogen) atoms. The molecule has 4 unspecified atom stereocenters. The summed E-state index contributed by atoms with van der Waals surface area (Å²) in [4.78, 5) is 26.0. The lowest BCUT2D eigenvalue weighted by Crippen LogP contribution is -2.44. The van der Waals surface area contributed by atoms with E-state index in [1.54, 1.807) is 0 Å². The number of hydrogen-bond acceptors (Lipinski definition) is 4. The molecule has 4 atom stereocenters. The van der Waals surface area contributed by atoms with E-state index in [0.717, 1.165) is 38.5 Å². The molecule has 1 fully saturated rings. The van der Waals surface area contributed by atoms with Gasteiger partial charge in [-0.05, 0) is 49.9 Å². The number of carbonyl (C=O) groups excluding carboxylic acids is 2. The van der Waals surface area contributed by atoms with Crippen LogP contribution in [-0.2, 0) is 19.1 Å². The molecule has 0 aromatic rings. The number of carbonyl (C=O) groups is 2. The fourth-order valence-corrected chi connectivity index (χ4v) is 4.73. The molecule has 0 radical (unpaired) electrons. The second-order valence-corrected chi connectivity index (χ2v) is 10.2. The van der Waals surface area contributed by atoms with Gasteiger partial charge < -0.3 is 9.47 Å². The van der Waals surface area contributed by atoms with E-state index in [0.29, 0.717) is 37.9 Å². The zero-order valence-electron chi connectivity index (χ0n) is 20.9. The molecule has 0 spiro atoms. The van der Waals surface area contributed by atoms with E-state index >= 15 is 0 Å². The van der Waals surface area contributed by atoms with Crippen LogP contribution in [0.25, 0.3) is 0 Å². The summed E-state index contributed by atoms with van der Waals surface area (Å²) >= 11 is 0. The second kappa shape index (κ2) is 12.7. The number of ether oxygens (including phenoxy) is 2. The van der Waals surface area contributed by atoms with Crippen molar-refractivity contribution in [2.45, 2.75) is 113 Å². The van der Waals surface area contributed by atoms with Gasteiger partial charge in [0.1, 0.15) is 0 Å². The van der Waals surface area contributed by atoms with E-state index in [-0.39, 0.29) is 17.9 Å². The van der Waals surface area contributed by atoms with Gasteiger partial charge in [-0.15, -0.1) is 0 Å². The number of unbranched alkanes of at least 4 members (excludes halogenated alkanes) is 2. The van der Waals surface area contributed by atoms with Crippen LogP contribution in [-0.4, -0.2) is 25.2 Å². The standard InChI is InChI=1S/C26H48O4/c1-8-12-14-20(10-3)18-29-23(27)22-16-17-26(7,25(22,5)6)24(28)30-19-21(11-4)15-13-9-2/h20-22H,8-19H2,1-7H3. The third-order valence-electron chi connectivity index (χ3n) is 7.96. The van der Waals surface area contributed by atoms with Gasteiger partial charge in [0.15, 0.2) is 0 Å². The van der Waals surface area contributed by atoms with Gasteiger partial charge >= 0.3 is 11.9 Å². The molecular weight excluding hydrogens is 376 g/mol. The molecule has 0 N–H and O–H groups in total. The Balaban J connectivity index is 2.69. The Bertz CT molecular complexity index is 527. The van der Waals surface area contributed by atoms with E-state index in [2.05, 4.69) is 27.7 Å². The highest BCUT2D eigenvalue weighted by molar-refractivity contribution is 5.82. The van der Waals surface area contributed by atoms with Crippen molar-refractivity contribution < 1.29 is 19.1 Å². The van der Waals surface area contributed by atoms with Crippen molar-refractivity contribution in [1.29, 1.82) is 0 Å². The number of rotatable bonds is 14. The average molecular weight is 425 g/mol. The maximum absolute atomic E-state index is 13.1. The summed E-state index contributed by atoms with van der Waals surface area (Å²) in [5.41, 5.74) is -1.12. The topological polar surface area (TPSA) is 52.6 Å². The van der Waals surface area contributed by atoms with Gasteiger partial charge in [0.05, 0.1) is 24.5 Å². The normalized spacial score (nSPS) is 25.0. The Hall–Kier alpha value is -1.06. The molecule has 1 saturated carbocycles. The lowest BCUT2D eigenvalue weighted by molar-refractivity contribution is -0.166. The minimum Gasteiger partial charge on any atom is -0.465 e. The van der Waals surface area contributed by atoms with Gasteiger partial charge in [0, 0.05) is 0 Å². The molecule has 4 nitrogen and oxygen atoms in total. The van der Waals surface area contributed by atoms with Crippen molar-refractivity contribution in [1.82, 2.24) is 0 Å². The van der Waals surface area contributed by atoms with Gasteiger partial charge in [0.2, 0.25) is 0 Å². The third kappa shape index (κ3) is 6.72. The van der Waals surface area contributed by atoms with Crippen molar-refractivity contribution in [3.63, 3.8) is 0 Å². The van der Waals surface area contributed by atoms with Gasteiger partial charge in [-0.3, -0.25) is 9.59 Å². The lowest BCUT2D eigenvalue weighted by Gasteiger charge is -2.39. The van der Waals surface area contributed by atoms with Crippen LogP contribution >= 0.6 is 0 Å². The van der Waals surface area contributed by atoms with Crippen molar-refractivity contribution >= 4 is 11.9 Å². The van der Waals surface area contributed by atoms with Crippen LogP contribution in [0.4, 0.5) is 0 Å². The molecule has 0 amide bonds. The van der Waals surface area contributed by atoms with E-state index < -0.39 is 10.8 Å². The molecule has 0 saturated heterocycles. The Kier molecular flexibility index (Phi) is 11.4. The van der Waals surface area contributed by atoms with E-state index in [4.69, 9.17) is 9.47 Å². The summed E-state index contributed by atoms with van der Waals surface area (Å²) in [5, 5.41) is 0. The van der Waals surface area contributed by atoms with Crippen molar-refractivity contribution in [3.8, 4) is 0 Å². The fourth-order valence-electron chi connectivity index (χ4n) is 4.73. The van der Waals surface area contributed by atoms with Crippen LogP contribution in [0.3, 0.4) is 0 Å². The SMILES string of the molecule is CCCCC(CC)COC(=O)C1CCC(C)(C(=O)OCC(CC)CCCC)C1(C)C. The van der Waals surface area contributed by atoms with Crippen LogP contribution in [0.2, 0.25) is 0 Å². The van der Waals surface area contributed by atoms with Gasteiger partial charge in [0.25, 0.3) is 0 Å². The fraction of sp³-hybridized carbons (Fsp3) is 0.923. The molecule has 0 heterocycles. The minimum absolute atomic E-state index is 0.138. The smallest absolute Gasteiger partial charge is 0.312 e. The molecule has 4 heteroatoms. The molecule has 1 rings (SSSR count). The number of esters is 2. The molecular formula is C26H48O4. The highest BCUT2D eigenvalue weighted by Crippen LogP contribution is 2.57. The largest absolute Gasteiger partial charge is 0.465 e. The van der Waals surface area contributed by atoms with Crippen molar-refractivity contribution in [2.24, 2.45) is 28.6 Å². The Morgan fingerprint density at radius 3 is 1.83 bits per heavy atom. The minimum atomic E-state index is -0.647. The molecule has 0 aromatic heterocycles. The molecule has 0 aromatic carbocycles. The van der Waals surface area contributed by atoms with E-state index in [9.17, 15) is 9.59 Å². The molecule has 0 bridgehead atoms. The van der Waals surface area contributed by atoms with Crippen LogP contribution in [0.15, 0.2) is 0 Å². The first kappa shape index (κ1) is 27.0. The van der Waals surface area contributed by atoms with E-state index in [1.807, 2.05) is 20.8 Å². The summed E-state index contributed by atoms with van der Waals surface area (Å²) in [6.45, 7) is 15.7. The molecule has 176 valence electrons. The molecule has 1 aliphatic carbocycles. The first-order valence-corrected chi connectivity index (χ1v) is 12.5. The monoisotopic (exact) mass is 424 g/mol. The summed E-state index contributed by atoms with van der Waals surface area (Å²) in [6, 6.07) is 0. The Morgan fingerprint density at radius 2 is 1.37 bits per heavy atom. The quantitative estimate of drug-likeness (QED) is 0.283. The van der Waals surface area contributed by atoms with Crippen LogP contribution in [0.5, 0.6) is 0 Å². The summed E-state index contributed by atoms with van der Waals surface area (Å²) < 4.78 is 11.6. The lowest BCUT2D eigenvalue weighted by atomic mass is 9.65. The van der Waals surface area contributed by atoms with Gasteiger partial charge in [-0.25, -0.2) is 0 Å². The third-order valence-corrected chi connectivity index (χ3v) is 7.96. The second-order valence-electron chi connectivity index (χ2n) is 10.2. The number of hydrogen-bond donors (Lipinski definition) is 0. The highest BCUT2D eigenvalue weighted by Gasteiger charge is 2.59. The van der Waals surface area contributed by atoms with Crippen LogP contribution in [0, 0.1) is 28.6 Å².